The Morgan fingerprint density at radius 2 is 2.30 bits per heavy atom. The maximum absolute atomic E-state index is 12.5. The molecule has 8 heteroatoms. The van der Waals surface area contributed by atoms with Gasteiger partial charge in [0, 0.05) is 31.6 Å². The van der Waals surface area contributed by atoms with Gasteiger partial charge in [0.15, 0.2) is 0 Å². The van der Waals surface area contributed by atoms with Gasteiger partial charge >= 0.3 is 0 Å². The van der Waals surface area contributed by atoms with Crippen LogP contribution in [0.4, 0.5) is 0 Å². The number of amides is 1. The summed E-state index contributed by atoms with van der Waals surface area (Å²) in [6, 6.07) is 3.32. The van der Waals surface area contributed by atoms with Crippen molar-refractivity contribution in [2.75, 3.05) is 20.1 Å². The van der Waals surface area contributed by atoms with Gasteiger partial charge in [0.25, 0.3) is 10.0 Å². The number of piperidine rings is 1. The Morgan fingerprint density at radius 3 is 2.90 bits per heavy atom. The zero-order valence-corrected chi connectivity index (χ0v) is 13.0. The number of carbonyl (C=O) groups excluding carboxylic acids is 1. The van der Waals surface area contributed by atoms with Crippen LogP contribution in [0.3, 0.4) is 0 Å². The standard InChI is InChI=1S/C12H19N3O3S2/c1-14-12(16)9-3-2-6-15(8-9)20(17,18)11-5-4-10(7-13)19-11/h4-5,9H,2-3,6-8,13H2,1H3,(H,14,16). The molecular formula is C12H19N3O3S2. The third kappa shape index (κ3) is 3.03. The first-order valence-corrected chi connectivity index (χ1v) is 8.75. The van der Waals surface area contributed by atoms with E-state index in [1.54, 1.807) is 19.2 Å². The van der Waals surface area contributed by atoms with Crippen LogP contribution in [0.5, 0.6) is 0 Å². The van der Waals surface area contributed by atoms with E-state index >= 15 is 0 Å². The van der Waals surface area contributed by atoms with Crippen molar-refractivity contribution in [1.82, 2.24) is 9.62 Å². The summed E-state index contributed by atoms with van der Waals surface area (Å²) in [6.45, 7) is 1.05. The fourth-order valence-corrected chi connectivity index (χ4v) is 5.23. The van der Waals surface area contributed by atoms with E-state index in [9.17, 15) is 13.2 Å². The topological polar surface area (TPSA) is 92.5 Å². The molecule has 0 aliphatic carbocycles. The molecule has 1 aliphatic heterocycles. The molecule has 1 unspecified atom stereocenters. The fourth-order valence-electron chi connectivity index (χ4n) is 2.31. The number of thiophene rings is 1. The molecule has 1 aromatic rings. The normalized spacial score (nSPS) is 20.8. The minimum absolute atomic E-state index is 0.0984. The van der Waals surface area contributed by atoms with Crippen LogP contribution >= 0.6 is 11.3 Å². The lowest BCUT2D eigenvalue weighted by atomic mass is 9.99. The summed E-state index contributed by atoms with van der Waals surface area (Å²) < 4.78 is 26.8. The maximum atomic E-state index is 12.5. The summed E-state index contributed by atoms with van der Waals surface area (Å²) in [5, 5.41) is 2.59. The summed E-state index contributed by atoms with van der Waals surface area (Å²) >= 11 is 1.19. The van der Waals surface area contributed by atoms with E-state index in [1.165, 1.54) is 15.6 Å². The number of rotatable bonds is 4. The molecule has 1 aliphatic rings. The number of sulfonamides is 1. The molecule has 20 heavy (non-hydrogen) atoms. The molecule has 3 N–H and O–H groups in total. The number of hydrogen-bond acceptors (Lipinski definition) is 5. The number of nitrogens with zero attached hydrogens (tertiary/aromatic N) is 1. The molecule has 0 bridgehead atoms. The molecule has 2 heterocycles. The lowest BCUT2D eigenvalue weighted by Crippen LogP contribution is -2.44. The Morgan fingerprint density at radius 1 is 1.55 bits per heavy atom. The number of hydrogen-bond donors (Lipinski definition) is 2. The number of carbonyl (C=O) groups is 1. The van der Waals surface area contributed by atoms with Gasteiger partial charge < -0.3 is 11.1 Å². The highest BCUT2D eigenvalue weighted by atomic mass is 32.2. The van der Waals surface area contributed by atoms with Gasteiger partial charge in [0.2, 0.25) is 5.91 Å². The lowest BCUT2D eigenvalue weighted by Gasteiger charge is -2.30. The van der Waals surface area contributed by atoms with Crippen LogP contribution < -0.4 is 11.1 Å². The van der Waals surface area contributed by atoms with Crippen LogP contribution in [-0.4, -0.2) is 38.8 Å². The largest absolute Gasteiger partial charge is 0.359 e. The highest BCUT2D eigenvalue weighted by molar-refractivity contribution is 7.91. The molecular weight excluding hydrogens is 298 g/mol. The summed E-state index contributed by atoms with van der Waals surface area (Å²) in [6.07, 6.45) is 1.43. The molecule has 0 aromatic carbocycles. The molecule has 0 spiro atoms. The summed E-state index contributed by atoms with van der Waals surface area (Å²) in [5.74, 6) is -0.365. The first-order valence-electron chi connectivity index (χ1n) is 6.49. The molecule has 0 saturated carbocycles. The molecule has 112 valence electrons. The van der Waals surface area contributed by atoms with E-state index < -0.39 is 10.0 Å². The zero-order valence-electron chi connectivity index (χ0n) is 11.3. The second kappa shape index (κ2) is 6.21. The van der Waals surface area contributed by atoms with Crippen molar-refractivity contribution in [3.63, 3.8) is 0 Å². The highest BCUT2D eigenvalue weighted by Crippen LogP contribution is 2.28. The minimum atomic E-state index is -3.51. The van der Waals surface area contributed by atoms with Crippen molar-refractivity contribution in [2.24, 2.45) is 11.7 Å². The Kier molecular flexibility index (Phi) is 4.79. The number of nitrogens with one attached hydrogen (secondary N) is 1. The van der Waals surface area contributed by atoms with E-state index in [0.717, 1.165) is 11.3 Å². The predicted molar refractivity (Wildman–Crippen MR) is 77.8 cm³/mol. The molecule has 1 saturated heterocycles. The molecule has 1 fully saturated rings. The van der Waals surface area contributed by atoms with E-state index in [2.05, 4.69) is 5.32 Å². The Balaban J connectivity index is 2.18. The molecule has 1 atom stereocenters. The maximum Gasteiger partial charge on any atom is 0.252 e. The molecule has 6 nitrogen and oxygen atoms in total. The first-order chi connectivity index (χ1) is 9.48. The van der Waals surface area contributed by atoms with Crippen molar-refractivity contribution in [1.29, 1.82) is 0 Å². The van der Waals surface area contributed by atoms with E-state index in [0.29, 0.717) is 23.7 Å². The van der Waals surface area contributed by atoms with Crippen molar-refractivity contribution in [3.05, 3.63) is 17.0 Å². The smallest absolute Gasteiger partial charge is 0.252 e. The van der Waals surface area contributed by atoms with Gasteiger partial charge in [-0.05, 0) is 25.0 Å². The van der Waals surface area contributed by atoms with Crippen molar-refractivity contribution < 1.29 is 13.2 Å². The van der Waals surface area contributed by atoms with Crippen molar-refractivity contribution in [3.8, 4) is 0 Å². The van der Waals surface area contributed by atoms with Gasteiger partial charge in [-0.25, -0.2) is 8.42 Å². The van der Waals surface area contributed by atoms with E-state index in [-0.39, 0.29) is 18.4 Å². The van der Waals surface area contributed by atoms with Crippen molar-refractivity contribution in [2.45, 2.75) is 23.6 Å². The quantitative estimate of drug-likeness (QED) is 0.838. The van der Waals surface area contributed by atoms with Crippen LogP contribution in [0.2, 0.25) is 0 Å². The molecule has 1 aromatic heterocycles. The second-order valence-electron chi connectivity index (χ2n) is 4.74. The average Bonchev–Trinajstić information content (AvgIpc) is 2.96. The Bertz CT molecular complexity index is 583. The highest BCUT2D eigenvalue weighted by Gasteiger charge is 2.33. The summed E-state index contributed by atoms with van der Waals surface area (Å²) in [4.78, 5) is 12.5. The predicted octanol–water partition coefficient (Wildman–Crippen LogP) is 0.354. The average molecular weight is 317 g/mol. The van der Waals surface area contributed by atoms with Crippen LogP contribution in [0.25, 0.3) is 0 Å². The number of nitrogens with two attached hydrogens (primary N) is 1. The van der Waals surface area contributed by atoms with Crippen LogP contribution in [0.15, 0.2) is 16.3 Å². The summed E-state index contributed by atoms with van der Waals surface area (Å²) in [5.41, 5.74) is 5.51. The third-order valence-corrected chi connectivity index (χ3v) is 6.87. The monoisotopic (exact) mass is 317 g/mol. The minimum Gasteiger partial charge on any atom is -0.359 e. The van der Waals surface area contributed by atoms with E-state index in [4.69, 9.17) is 5.73 Å². The van der Waals surface area contributed by atoms with Gasteiger partial charge in [-0.15, -0.1) is 11.3 Å². The lowest BCUT2D eigenvalue weighted by molar-refractivity contribution is -0.125. The van der Waals surface area contributed by atoms with Gasteiger partial charge in [0.05, 0.1) is 5.92 Å². The van der Waals surface area contributed by atoms with Gasteiger partial charge in [-0.1, -0.05) is 0 Å². The fraction of sp³-hybridized carbons (Fsp3) is 0.583. The first kappa shape index (κ1) is 15.4. The Labute approximate surface area is 123 Å². The van der Waals surface area contributed by atoms with Gasteiger partial charge in [0.1, 0.15) is 4.21 Å². The third-order valence-electron chi connectivity index (χ3n) is 3.43. The van der Waals surface area contributed by atoms with E-state index in [1.807, 2.05) is 0 Å². The van der Waals surface area contributed by atoms with Crippen molar-refractivity contribution >= 4 is 27.3 Å². The van der Waals surface area contributed by atoms with Gasteiger partial charge in [-0.2, -0.15) is 4.31 Å². The zero-order chi connectivity index (χ0) is 14.8. The van der Waals surface area contributed by atoms with Crippen LogP contribution in [0.1, 0.15) is 17.7 Å². The molecule has 1 amide bonds. The molecule has 2 rings (SSSR count). The SMILES string of the molecule is CNC(=O)C1CCCN(S(=O)(=O)c2ccc(CN)s2)C1. The van der Waals surface area contributed by atoms with Crippen LogP contribution in [-0.2, 0) is 21.4 Å². The molecule has 0 radical (unpaired) electrons. The summed E-state index contributed by atoms with van der Waals surface area (Å²) in [7, 11) is -1.94. The Hall–Kier alpha value is -0.960. The van der Waals surface area contributed by atoms with Gasteiger partial charge in [-0.3, -0.25) is 4.79 Å². The van der Waals surface area contributed by atoms with Crippen LogP contribution in [0, 0.1) is 5.92 Å². The second-order valence-corrected chi connectivity index (χ2v) is 8.07.